The van der Waals surface area contributed by atoms with Crippen molar-refractivity contribution in [2.75, 3.05) is 13.2 Å². The van der Waals surface area contributed by atoms with E-state index in [2.05, 4.69) is 14.9 Å². The minimum absolute atomic E-state index is 0.101. The third-order valence-electron chi connectivity index (χ3n) is 2.81. The Hall–Kier alpha value is -1.93. The van der Waals surface area contributed by atoms with Crippen LogP contribution < -0.4 is 9.46 Å². The van der Waals surface area contributed by atoms with Gasteiger partial charge < -0.3 is 4.74 Å². The SMILES string of the molecule is Cc1n[nH]c(C)c1S(=O)(=O)NCCOc1ccc(F)cc1. The first-order valence-electron chi connectivity index (χ1n) is 6.30. The summed E-state index contributed by atoms with van der Waals surface area (Å²) in [6.45, 7) is 3.50. The van der Waals surface area contributed by atoms with Crippen LogP contribution in [0.2, 0.25) is 0 Å². The van der Waals surface area contributed by atoms with Gasteiger partial charge >= 0.3 is 0 Å². The molecule has 0 unspecified atom stereocenters. The Morgan fingerprint density at radius 1 is 1.29 bits per heavy atom. The highest BCUT2D eigenvalue weighted by atomic mass is 32.2. The predicted octanol–water partition coefficient (Wildman–Crippen LogP) is 1.52. The summed E-state index contributed by atoms with van der Waals surface area (Å²) in [6, 6.07) is 5.51. The largest absolute Gasteiger partial charge is 0.492 e. The Bertz CT molecular complexity index is 691. The third kappa shape index (κ3) is 3.79. The molecule has 1 heterocycles. The zero-order valence-corrected chi connectivity index (χ0v) is 12.5. The number of H-pyrrole nitrogens is 1. The van der Waals surface area contributed by atoms with Gasteiger partial charge in [-0.15, -0.1) is 0 Å². The van der Waals surface area contributed by atoms with Crippen LogP contribution in [0.15, 0.2) is 29.2 Å². The molecule has 0 aliphatic rings. The fourth-order valence-corrected chi connectivity index (χ4v) is 3.26. The molecule has 1 aromatic heterocycles. The van der Waals surface area contributed by atoms with Crippen LogP contribution in [0.1, 0.15) is 11.4 Å². The van der Waals surface area contributed by atoms with Crippen molar-refractivity contribution in [3.05, 3.63) is 41.5 Å². The molecule has 0 bridgehead atoms. The number of nitrogens with zero attached hydrogens (tertiary/aromatic N) is 1. The Labute approximate surface area is 122 Å². The van der Waals surface area contributed by atoms with Crippen molar-refractivity contribution in [2.24, 2.45) is 0 Å². The zero-order valence-electron chi connectivity index (χ0n) is 11.7. The normalized spacial score (nSPS) is 11.6. The van der Waals surface area contributed by atoms with Crippen LogP contribution in [0.4, 0.5) is 4.39 Å². The van der Waals surface area contributed by atoms with E-state index in [0.29, 0.717) is 17.1 Å². The van der Waals surface area contributed by atoms with Gasteiger partial charge in [0.15, 0.2) is 0 Å². The molecule has 2 aromatic rings. The molecule has 2 rings (SSSR count). The maximum Gasteiger partial charge on any atom is 0.244 e. The molecule has 0 aliphatic carbocycles. The summed E-state index contributed by atoms with van der Waals surface area (Å²) in [4.78, 5) is 0.157. The second-order valence-electron chi connectivity index (χ2n) is 4.46. The van der Waals surface area contributed by atoms with Gasteiger partial charge in [0.05, 0.1) is 11.4 Å². The molecule has 0 spiro atoms. The van der Waals surface area contributed by atoms with E-state index in [9.17, 15) is 12.8 Å². The molecule has 2 N–H and O–H groups in total. The number of benzene rings is 1. The number of rotatable bonds is 6. The lowest BCUT2D eigenvalue weighted by Gasteiger charge is -2.08. The smallest absolute Gasteiger partial charge is 0.244 e. The van der Waals surface area contributed by atoms with Crippen LogP contribution in [0, 0.1) is 19.7 Å². The summed E-state index contributed by atoms with van der Waals surface area (Å²) in [5, 5.41) is 6.48. The summed E-state index contributed by atoms with van der Waals surface area (Å²) >= 11 is 0. The first kappa shape index (κ1) is 15.5. The van der Waals surface area contributed by atoms with E-state index in [1.165, 1.54) is 24.3 Å². The molecule has 1 aromatic carbocycles. The van der Waals surface area contributed by atoms with Gasteiger partial charge in [0.1, 0.15) is 23.1 Å². The maximum atomic E-state index is 12.7. The first-order chi connectivity index (χ1) is 9.90. The van der Waals surface area contributed by atoms with Gasteiger partial charge in [0, 0.05) is 6.54 Å². The van der Waals surface area contributed by atoms with Gasteiger partial charge in [-0.1, -0.05) is 0 Å². The monoisotopic (exact) mass is 313 g/mol. The second kappa shape index (κ2) is 6.23. The van der Waals surface area contributed by atoms with Crippen molar-refractivity contribution in [3.8, 4) is 5.75 Å². The molecule has 0 aliphatic heterocycles. The van der Waals surface area contributed by atoms with Gasteiger partial charge in [-0.25, -0.2) is 17.5 Å². The lowest BCUT2D eigenvalue weighted by atomic mass is 10.3. The van der Waals surface area contributed by atoms with Crippen LogP contribution in [-0.2, 0) is 10.0 Å². The second-order valence-corrected chi connectivity index (χ2v) is 6.17. The molecule has 0 saturated heterocycles. The Kier molecular flexibility index (Phi) is 4.59. The van der Waals surface area contributed by atoms with E-state index >= 15 is 0 Å². The first-order valence-corrected chi connectivity index (χ1v) is 7.78. The number of aryl methyl sites for hydroxylation is 2. The van der Waals surface area contributed by atoms with Crippen LogP contribution in [0.3, 0.4) is 0 Å². The van der Waals surface area contributed by atoms with Crippen molar-refractivity contribution in [3.63, 3.8) is 0 Å². The predicted molar refractivity (Wildman–Crippen MR) is 75.1 cm³/mol. The van der Waals surface area contributed by atoms with Gasteiger partial charge in [-0.2, -0.15) is 5.10 Å². The Morgan fingerprint density at radius 2 is 1.95 bits per heavy atom. The summed E-state index contributed by atoms with van der Waals surface area (Å²) in [6.07, 6.45) is 0. The van der Waals surface area contributed by atoms with E-state index in [1.807, 2.05) is 0 Å². The third-order valence-corrected chi connectivity index (χ3v) is 4.53. The molecule has 0 radical (unpaired) electrons. The molecule has 0 fully saturated rings. The molecular formula is C13H16FN3O3S. The van der Waals surface area contributed by atoms with E-state index in [1.54, 1.807) is 13.8 Å². The zero-order chi connectivity index (χ0) is 15.5. The van der Waals surface area contributed by atoms with Gasteiger partial charge in [-0.3, -0.25) is 5.10 Å². The lowest BCUT2D eigenvalue weighted by Crippen LogP contribution is -2.29. The summed E-state index contributed by atoms with van der Waals surface area (Å²) in [7, 11) is -3.62. The lowest BCUT2D eigenvalue weighted by molar-refractivity contribution is 0.322. The van der Waals surface area contributed by atoms with Crippen molar-refractivity contribution in [1.82, 2.24) is 14.9 Å². The number of sulfonamides is 1. The standard InChI is InChI=1S/C13H16FN3O3S/c1-9-13(10(2)17-16-9)21(18,19)15-7-8-20-12-5-3-11(14)4-6-12/h3-6,15H,7-8H2,1-2H3,(H,16,17). The van der Waals surface area contributed by atoms with E-state index in [4.69, 9.17) is 4.74 Å². The van der Waals surface area contributed by atoms with Crippen LogP contribution in [0.5, 0.6) is 5.75 Å². The summed E-state index contributed by atoms with van der Waals surface area (Å²) < 4.78 is 44.7. The molecular weight excluding hydrogens is 297 g/mol. The van der Waals surface area contributed by atoms with Crippen LogP contribution in [0.25, 0.3) is 0 Å². The highest BCUT2D eigenvalue weighted by Crippen LogP contribution is 2.16. The average molecular weight is 313 g/mol. The number of hydrogen-bond donors (Lipinski definition) is 2. The van der Waals surface area contributed by atoms with Crippen LogP contribution >= 0.6 is 0 Å². The topological polar surface area (TPSA) is 84.1 Å². The van der Waals surface area contributed by atoms with E-state index < -0.39 is 10.0 Å². The van der Waals surface area contributed by atoms with E-state index in [0.717, 1.165) is 0 Å². The average Bonchev–Trinajstić information content (AvgIpc) is 2.77. The fraction of sp³-hybridized carbons (Fsp3) is 0.308. The molecule has 0 saturated carbocycles. The fourth-order valence-electron chi connectivity index (χ4n) is 1.88. The number of ether oxygens (including phenoxy) is 1. The quantitative estimate of drug-likeness (QED) is 0.792. The van der Waals surface area contributed by atoms with Gasteiger partial charge in [0.25, 0.3) is 0 Å². The van der Waals surface area contributed by atoms with Crippen molar-refractivity contribution in [1.29, 1.82) is 0 Å². The maximum absolute atomic E-state index is 12.7. The molecule has 21 heavy (non-hydrogen) atoms. The molecule has 0 amide bonds. The molecule has 6 nitrogen and oxygen atoms in total. The Balaban J connectivity index is 1.90. The van der Waals surface area contributed by atoms with Crippen LogP contribution in [-0.4, -0.2) is 31.8 Å². The Morgan fingerprint density at radius 3 is 2.52 bits per heavy atom. The number of aromatic amines is 1. The van der Waals surface area contributed by atoms with Gasteiger partial charge in [-0.05, 0) is 38.1 Å². The molecule has 114 valence electrons. The number of nitrogens with one attached hydrogen (secondary N) is 2. The van der Waals surface area contributed by atoms with Crippen molar-refractivity contribution >= 4 is 10.0 Å². The van der Waals surface area contributed by atoms with E-state index in [-0.39, 0.29) is 23.9 Å². The van der Waals surface area contributed by atoms with Gasteiger partial charge in [0.2, 0.25) is 10.0 Å². The van der Waals surface area contributed by atoms with Crippen molar-refractivity contribution in [2.45, 2.75) is 18.7 Å². The highest BCUT2D eigenvalue weighted by Gasteiger charge is 2.21. The minimum Gasteiger partial charge on any atom is -0.492 e. The number of halogens is 1. The highest BCUT2D eigenvalue weighted by molar-refractivity contribution is 7.89. The minimum atomic E-state index is -3.62. The molecule has 8 heteroatoms. The van der Waals surface area contributed by atoms with Crippen molar-refractivity contribution < 1.29 is 17.5 Å². The molecule has 0 atom stereocenters. The summed E-state index contributed by atoms with van der Waals surface area (Å²) in [5.41, 5.74) is 0.902. The summed E-state index contributed by atoms with van der Waals surface area (Å²) in [5.74, 6) is 0.125. The number of aromatic nitrogens is 2. The number of hydrogen-bond acceptors (Lipinski definition) is 4.